The van der Waals surface area contributed by atoms with Crippen LogP contribution in [0.1, 0.15) is 49.0 Å². The molecule has 23 heavy (non-hydrogen) atoms. The van der Waals surface area contributed by atoms with Gasteiger partial charge in [0.15, 0.2) is 0 Å². The zero-order valence-electron chi connectivity index (χ0n) is 14.1. The fourth-order valence-electron chi connectivity index (χ4n) is 2.73. The third-order valence-electron chi connectivity index (χ3n) is 4.26. The van der Waals surface area contributed by atoms with Gasteiger partial charge in [0.25, 0.3) is 5.91 Å². The molecular formula is C18H26N2O3. The number of nitrogens with one attached hydrogen (secondary N) is 1. The highest BCUT2D eigenvalue weighted by Gasteiger charge is 2.25. The molecule has 0 saturated carbocycles. The standard InChI is InChI=1S/C18H26N2O3/c1-12(2)16(21)8-9-19-18(23)14-11-13(3)6-7-15(14)20-10-4-5-17(20)22/h6-7,11-12,16,21H,4-5,8-10H2,1-3H3,(H,19,23). The fourth-order valence-corrected chi connectivity index (χ4v) is 2.73. The summed E-state index contributed by atoms with van der Waals surface area (Å²) in [5, 5.41) is 12.7. The van der Waals surface area contributed by atoms with Crippen LogP contribution in [-0.4, -0.2) is 36.1 Å². The van der Waals surface area contributed by atoms with E-state index in [0.29, 0.717) is 37.2 Å². The molecule has 1 atom stereocenters. The lowest BCUT2D eigenvalue weighted by Gasteiger charge is -2.20. The SMILES string of the molecule is Cc1ccc(N2CCCC2=O)c(C(=O)NCCC(O)C(C)C)c1. The van der Waals surface area contributed by atoms with Gasteiger partial charge in [-0.25, -0.2) is 0 Å². The lowest BCUT2D eigenvalue weighted by Crippen LogP contribution is -2.31. The number of carbonyl (C=O) groups is 2. The zero-order chi connectivity index (χ0) is 17.0. The number of hydrogen-bond donors (Lipinski definition) is 2. The average Bonchev–Trinajstić information content (AvgIpc) is 2.92. The van der Waals surface area contributed by atoms with Crippen molar-refractivity contribution >= 4 is 17.5 Å². The van der Waals surface area contributed by atoms with Crippen molar-refractivity contribution in [2.75, 3.05) is 18.0 Å². The Morgan fingerprint density at radius 2 is 2.13 bits per heavy atom. The van der Waals surface area contributed by atoms with Crippen LogP contribution in [0.25, 0.3) is 0 Å². The fraction of sp³-hybridized carbons (Fsp3) is 0.556. The summed E-state index contributed by atoms with van der Waals surface area (Å²) in [5.41, 5.74) is 2.19. The van der Waals surface area contributed by atoms with E-state index in [9.17, 15) is 14.7 Å². The number of carbonyl (C=O) groups excluding carboxylic acids is 2. The molecule has 0 radical (unpaired) electrons. The van der Waals surface area contributed by atoms with Crippen molar-refractivity contribution in [2.24, 2.45) is 5.92 Å². The molecule has 1 aromatic rings. The Morgan fingerprint density at radius 1 is 1.39 bits per heavy atom. The number of aryl methyl sites for hydroxylation is 1. The van der Waals surface area contributed by atoms with E-state index in [-0.39, 0.29) is 17.7 Å². The second-order valence-corrected chi connectivity index (χ2v) is 6.53. The van der Waals surface area contributed by atoms with Crippen LogP contribution in [0.15, 0.2) is 18.2 Å². The third kappa shape index (κ3) is 4.32. The molecule has 1 saturated heterocycles. The van der Waals surface area contributed by atoms with Crippen molar-refractivity contribution < 1.29 is 14.7 Å². The van der Waals surface area contributed by atoms with Crippen molar-refractivity contribution in [2.45, 2.75) is 46.1 Å². The Labute approximate surface area is 137 Å². The normalized spacial score (nSPS) is 16.0. The summed E-state index contributed by atoms with van der Waals surface area (Å²) >= 11 is 0. The molecule has 2 N–H and O–H groups in total. The maximum atomic E-state index is 12.5. The zero-order valence-corrected chi connectivity index (χ0v) is 14.1. The summed E-state index contributed by atoms with van der Waals surface area (Å²) in [7, 11) is 0. The first-order valence-electron chi connectivity index (χ1n) is 8.27. The molecule has 1 aliphatic rings. The van der Waals surface area contributed by atoms with E-state index < -0.39 is 6.10 Å². The number of aliphatic hydroxyl groups is 1. The van der Waals surface area contributed by atoms with E-state index >= 15 is 0 Å². The average molecular weight is 318 g/mol. The number of benzene rings is 1. The molecule has 1 fully saturated rings. The molecule has 5 heteroatoms. The highest BCUT2D eigenvalue weighted by molar-refractivity contribution is 6.05. The molecule has 5 nitrogen and oxygen atoms in total. The summed E-state index contributed by atoms with van der Waals surface area (Å²) < 4.78 is 0. The van der Waals surface area contributed by atoms with Gasteiger partial charge in [-0.15, -0.1) is 0 Å². The Hall–Kier alpha value is -1.88. The molecule has 2 amide bonds. The molecule has 0 spiro atoms. The largest absolute Gasteiger partial charge is 0.393 e. The number of hydrogen-bond acceptors (Lipinski definition) is 3. The monoisotopic (exact) mass is 318 g/mol. The first kappa shape index (κ1) is 17.5. The van der Waals surface area contributed by atoms with E-state index in [1.165, 1.54) is 0 Å². The van der Waals surface area contributed by atoms with Gasteiger partial charge in [0.1, 0.15) is 0 Å². The lowest BCUT2D eigenvalue weighted by atomic mass is 10.0. The molecule has 0 aliphatic carbocycles. The summed E-state index contributed by atoms with van der Waals surface area (Å²) in [5.74, 6) is 0.0427. The van der Waals surface area contributed by atoms with Gasteiger partial charge in [0, 0.05) is 19.5 Å². The molecule has 1 aliphatic heterocycles. The van der Waals surface area contributed by atoms with Gasteiger partial charge < -0.3 is 15.3 Å². The van der Waals surface area contributed by atoms with Crippen LogP contribution in [0.3, 0.4) is 0 Å². The molecule has 126 valence electrons. The van der Waals surface area contributed by atoms with Gasteiger partial charge in [-0.05, 0) is 37.8 Å². The van der Waals surface area contributed by atoms with Crippen LogP contribution in [-0.2, 0) is 4.79 Å². The molecule has 0 aromatic heterocycles. The van der Waals surface area contributed by atoms with E-state index in [4.69, 9.17) is 0 Å². The van der Waals surface area contributed by atoms with Crippen molar-refractivity contribution in [1.82, 2.24) is 5.32 Å². The summed E-state index contributed by atoms with van der Waals surface area (Å²) in [6, 6.07) is 5.58. The highest BCUT2D eigenvalue weighted by Crippen LogP contribution is 2.26. The van der Waals surface area contributed by atoms with Crippen LogP contribution in [0, 0.1) is 12.8 Å². The Kier molecular flexibility index (Phi) is 5.77. The predicted octanol–water partition coefficient (Wildman–Crippen LogP) is 2.26. The van der Waals surface area contributed by atoms with Crippen LogP contribution in [0.5, 0.6) is 0 Å². The molecule has 0 bridgehead atoms. The van der Waals surface area contributed by atoms with E-state index in [1.807, 2.05) is 39.0 Å². The van der Waals surface area contributed by atoms with Gasteiger partial charge >= 0.3 is 0 Å². The minimum atomic E-state index is -0.424. The van der Waals surface area contributed by atoms with Gasteiger partial charge in [0.05, 0.1) is 17.4 Å². The van der Waals surface area contributed by atoms with Crippen molar-refractivity contribution in [3.8, 4) is 0 Å². The van der Waals surface area contributed by atoms with Gasteiger partial charge in [-0.3, -0.25) is 9.59 Å². The maximum absolute atomic E-state index is 12.5. The minimum Gasteiger partial charge on any atom is -0.393 e. The molecule has 1 aromatic carbocycles. The van der Waals surface area contributed by atoms with Crippen LogP contribution in [0.2, 0.25) is 0 Å². The highest BCUT2D eigenvalue weighted by atomic mass is 16.3. The number of nitrogens with zero attached hydrogens (tertiary/aromatic N) is 1. The van der Waals surface area contributed by atoms with E-state index in [0.717, 1.165) is 12.0 Å². The van der Waals surface area contributed by atoms with Gasteiger partial charge in [-0.2, -0.15) is 0 Å². The molecular weight excluding hydrogens is 292 g/mol. The van der Waals surface area contributed by atoms with Gasteiger partial charge in [0.2, 0.25) is 5.91 Å². The van der Waals surface area contributed by atoms with Crippen molar-refractivity contribution in [1.29, 1.82) is 0 Å². The van der Waals surface area contributed by atoms with Gasteiger partial charge in [-0.1, -0.05) is 25.5 Å². The smallest absolute Gasteiger partial charge is 0.253 e. The molecule has 2 rings (SSSR count). The first-order chi connectivity index (χ1) is 10.9. The predicted molar refractivity (Wildman–Crippen MR) is 90.6 cm³/mol. The second kappa shape index (κ2) is 7.59. The van der Waals surface area contributed by atoms with E-state index in [1.54, 1.807) is 4.90 Å². The number of rotatable bonds is 6. The van der Waals surface area contributed by atoms with Crippen molar-refractivity contribution in [3.63, 3.8) is 0 Å². The summed E-state index contributed by atoms with van der Waals surface area (Å²) in [4.78, 5) is 26.2. The van der Waals surface area contributed by atoms with Crippen LogP contribution in [0.4, 0.5) is 5.69 Å². The molecule has 1 heterocycles. The summed E-state index contributed by atoms with van der Waals surface area (Å²) in [6.07, 6.45) is 1.46. The number of anilines is 1. The van der Waals surface area contributed by atoms with Crippen molar-refractivity contribution in [3.05, 3.63) is 29.3 Å². The topological polar surface area (TPSA) is 69.6 Å². The quantitative estimate of drug-likeness (QED) is 0.845. The first-order valence-corrected chi connectivity index (χ1v) is 8.27. The minimum absolute atomic E-state index is 0.0677. The maximum Gasteiger partial charge on any atom is 0.253 e. The second-order valence-electron chi connectivity index (χ2n) is 6.53. The lowest BCUT2D eigenvalue weighted by molar-refractivity contribution is -0.117. The van der Waals surface area contributed by atoms with Crippen LogP contribution >= 0.6 is 0 Å². The summed E-state index contributed by atoms with van der Waals surface area (Å²) in [6.45, 7) is 6.90. The molecule has 1 unspecified atom stereocenters. The Bertz CT molecular complexity index is 584. The number of aliphatic hydroxyl groups excluding tert-OH is 1. The third-order valence-corrected chi connectivity index (χ3v) is 4.26. The number of amides is 2. The Balaban J connectivity index is 2.10. The van der Waals surface area contributed by atoms with E-state index in [2.05, 4.69) is 5.32 Å². The Morgan fingerprint density at radius 3 is 2.74 bits per heavy atom. The van der Waals surface area contributed by atoms with Crippen LogP contribution < -0.4 is 10.2 Å².